The van der Waals surface area contributed by atoms with E-state index < -0.39 is 0 Å². The van der Waals surface area contributed by atoms with Crippen molar-refractivity contribution in [3.05, 3.63) is 29.1 Å². The lowest BCUT2D eigenvalue weighted by molar-refractivity contribution is 0.285. The molecule has 0 aliphatic heterocycles. The van der Waals surface area contributed by atoms with Crippen LogP contribution >= 0.6 is 11.3 Å². The Morgan fingerprint density at radius 1 is 1.33 bits per heavy atom. The Bertz CT molecular complexity index is 406. The van der Waals surface area contributed by atoms with E-state index in [2.05, 4.69) is 0 Å². The van der Waals surface area contributed by atoms with Gasteiger partial charge >= 0.3 is 0 Å². The van der Waals surface area contributed by atoms with Crippen molar-refractivity contribution < 1.29 is 10.2 Å². The van der Waals surface area contributed by atoms with Crippen LogP contribution in [0.3, 0.4) is 0 Å². The zero-order valence-electron chi connectivity index (χ0n) is 6.32. The molecule has 0 saturated carbocycles. The van der Waals surface area contributed by atoms with Crippen molar-refractivity contribution in [1.29, 1.82) is 0 Å². The number of hydrogen-bond donors (Lipinski definition) is 2. The normalized spacial score (nSPS) is 10.8. The highest BCUT2D eigenvalue weighted by Gasteiger charge is 2.03. The van der Waals surface area contributed by atoms with Gasteiger partial charge in [0.25, 0.3) is 0 Å². The third kappa shape index (κ3) is 1.07. The fourth-order valence-electron chi connectivity index (χ4n) is 1.18. The Labute approximate surface area is 73.7 Å². The predicted octanol–water partition coefficient (Wildman–Crippen LogP) is 2.10. The average Bonchev–Trinajstić information content (AvgIpc) is 2.49. The van der Waals surface area contributed by atoms with Crippen LogP contribution in [0.1, 0.15) is 4.88 Å². The van der Waals surface area contributed by atoms with Gasteiger partial charge in [0.1, 0.15) is 5.75 Å². The quantitative estimate of drug-likeness (QED) is 0.705. The molecule has 0 aliphatic carbocycles. The second-order valence-electron chi connectivity index (χ2n) is 2.56. The van der Waals surface area contributed by atoms with Crippen molar-refractivity contribution in [3.63, 3.8) is 0 Å². The number of rotatable bonds is 1. The maximum absolute atomic E-state index is 9.41. The van der Waals surface area contributed by atoms with E-state index in [1.165, 1.54) is 11.3 Å². The number of aromatic hydroxyl groups is 1. The highest BCUT2D eigenvalue weighted by atomic mass is 32.1. The van der Waals surface area contributed by atoms with Gasteiger partial charge in [0, 0.05) is 15.0 Å². The predicted molar refractivity (Wildman–Crippen MR) is 49.4 cm³/mol. The molecule has 62 valence electrons. The molecule has 0 saturated heterocycles. The van der Waals surface area contributed by atoms with Crippen LogP contribution in [-0.2, 0) is 6.61 Å². The monoisotopic (exact) mass is 180 g/mol. The SMILES string of the molecule is OCc1cc2c(O)cccc2s1. The van der Waals surface area contributed by atoms with Gasteiger partial charge in [-0.1, -0.05) is 6.07 Å². The van der Waals surface area contributed by atoms with E-state index in [9.17, 15) is 5.11 Å². The Morgan fingerprint density at radius 3 is 2.83 bits per heavy atom. The summed E-state index contributed by atoms with van der Waals surface area (Å²) in [6.07, 6.45) is 0. The van der Waals surface area contributed by atoms with Crippen molar-refractivity contribution in [2.45, 2.75) is 6.61 Å². The molecule has 0 atom stereocenters. The molecule has 0 aliphatic rings. The minimum absolute atomic E-state index is 0.0405. The Kier molecular flexibility index (Phi) is 1.75. The summed E-state index contributed by atoms with van der Waals surface area (Å²) in [5, 5.41) is 19.1. The van der Waals surface area contributed by atoms with E-state index in [4.69, 9.17) is 5.11 Å². The van der Waals surface area contributed by atoms with Gasteiger partial charge in [-0.2, -0.15) is 0 Å². The minimum Gasteiger partial charge on any atom is -0.507 e. The first-order chi connectivity index (χ1) is 5.81. The molecular weight excluding hydrogens is 172 g/mol. The van der Waals surface area contributed by atoms with Crippen LogP contribution in [0.5, 0.6) is 5.75 Å². The molecule has 0 unspecified atom stereocenters. The molecule has 0 amide bonds. The van der Waals surface area contributed by atoms with Crippen molar-refractivity contribution >= 4 is 21.4 Å². The smallest absolute Gasteiger partial charge is 0.124 e. The first-order valence-corrected chi connectivity index (χ1v) is 4.44. The van der Waals surface area contributed by atoms with Gasteiger partial charge in [-0.3, -0.25) is 0 Å². The van der Waals surface area contributed by atoms with Crippen LogP contribution in [0.4, 0.5) is 0 Å². The lowest BCUT2D eigenvalue weighted by Crippen LogP contribution is -1.70. The van der Waals surface area contributed by atoms with Gasteiger partial charge < -0.3 is 10.2 Å². The van der Waals surface area contributed by atoms with Crippen LogP contribution in [-0.4, -0.2) is 10.2 Å². The molecule has 2 rings (SSSR count). The Hall–Kier alpha value is -1.06. The van der Waals surface area contributed by atoms with Crippen molar-refractivity contribution in [1.82, 2.24) is 0 Å². The van der Waals surface area contributed by atoms with Crippen molar-refractivity contribution in [2.75, 3.05) is 0 Å². The highest BCUT2D eigenvalue weighted by Crippen LogP contribution is 2.31. The number of phenols is 1. The minimum atomic E-state index is 0.0405. The summed E-state index contributed by atoms with van der Waals surface area (Å²) in [5.41, 5.74) is 0. The van der Waals surface area contributed by atoms with E-state index >= 15 is 0 Å². The molecule has 2 nitrogen and oxygen atoms in total. The molecule has 0 bridgehead atoms. The largest absolute Gasteiger partial charge is 0.507 e. The second kappa shape index (κ2) is 2.77. The van der Waals surface area contributed by atoms with E-state index in [-0.39, 0.29) is 12.4 Å². The van der Waals surface area contributed by atoms with E-state index in [0.717, 1.165) is 15.0 Å². The van der Waals surface area contributed by atoms with Crippen molar-refractivity contribution in [2.24, 2.45) is 0 Å². The molecule has 1 heterocycles. The first-order valence-electron chi connectivity index (χ1n) is 3.62. The van der Waals surface area contributed by atoms with Crippen LogP contribution < -0.4 is 0 Å². The molecule has 0 spiro atoms. The van der Waals surface area contributed by atoms with Gasteiger partial charge in [-0.05, 0) is 18.2 Å². The van der Waals surface area contributed by atoms with Gasteiger partial charge in [0.2, 0.25) is 0 Å². The number of benzene rings is 1. The Balaban J connectivity index is 2.74. The van der Waals surface area contributed by atoms with E-state index in [1.54, 1.807) is 12.1 Å². The third-order valence-electron chi connectivity index (χ3n) is 1.75. The maximum Gasteiger partial charge on any atom is 0.124 e. The molecule has 1 aromatic carbocycles. The number of fused-ring (bicyclic) bond motifs is 1. The van der Waals surface area contributed by atoms with Gasteiger partial charge in [-0.15, -0.1) is 11.3 Å². The fourth-order valence-corrected chi connectivity index (χ4v) is 2.12. The topological polar surface area (TPSA) is 40.5 Å². The number of aliphatic hydroxyl groups excluding tert-OH is 1. The summed E-state index contributed by atoms with van der Waals surface area (Å²) >= 11 is 1.50. The highest BCUT2D eigenvalue weighted by molar-refractivity contribution is 7.19. The van der Waals surface area contributed by atoms with E-state index in [1.807, 2.05) is 12.1 Å². The van der Waals surface area contributed by atoms with Crippen LogP contribution in [0.25, 0.3) is 10.1 Å². The lowest BCUT2D eigenvalue weighted by Gasteiger charge is -1.90. The van der Waals surface area contributed by atoms with Gasteiger partial charge in [0.15, 0.2) is 0 Å². The molecule has 2 aromatic rings. The summed E-state index contributed by atoms with van der Waals surface area (Å²) in [5.74, 6) is 0.281. The number of hydrogen-bond acceptors (Lipinski definition) is 3. The Morgan fingerprint density at radius 2 is 2.17 bits per heavy atom. The van der Waals surface area contributed by atoms with Crippen LogP contribution in [0.2, 0.25) is 0 Å². The van der Waals surface area contributed by atoms with E-state index in [0.29, 0.717) is 0 Å². The number of thiophene rings is 1. The van der Waals surface area contributed by atoms with Gasteiger partial charge in [-0.25, -0.2) is 0 Å². The molecular formula is C9H8O2S. The second-order valence-corrected chi connectivity index (χ2v) is 3.73. The zero-order chi connectivity index (χ0) is 8.55. The number of phenolic OH excluding ortho intramolecular Hbond substituents is 1. The molecule has 3 heteroatoms. The van der Waals surface area contributed by atoms with Crippen LogP contribution in [0, 0.1) is 0 Å². The van der Waals surface area contributed by atoms with Gasteiger partial charge in [0.05, 0.1) is 6.61 Å². The molecule has 1 aromatic heterocycles. The summed E-state index contributed by atoms with van der Waals surface area (Å²) in [6, 6.07) is 7.19. The summed E-state index contributed by atoms with van der Waals surface area (Å²) in [4.78, 5) is 0.881. The molecule has 12 heavy (non-hydrogen) atoms. The zero-order valence-corrected chi connectivity index (χ0v) is 7.14. The van der Waals surface area contributed by atoms with Crippen LogP contribution in [0.15, 0.2) is 24.3 Å². The standard InChI is InChI=1S/C9H8O2S/c10-5-6-4-7-8(11)2-1-3-9(7)12-6/h1-4,10-11H,5H2. The van der Waals surface area contributed by atoms with Crippen molar-refractivity contribution in [3.8, 4) is 5.75 Å². The first kappa shape index (κ1) is 7.58. The summed E-state index contributed by atoms with van der Waals surface area (Å²) in [7, 11) is 0. The average molecular weight is 180 g/mol. The molecule has 0 fully saturated rings. The third-order valence-corrected chi connectivity index (χ3v) is 2.83. The fraction of sp³-hybridized carbons (Fsp3) is 0.111. The maximum atomic E-state index is 9.41. The number of aliphatic hydroxyl groups is 1. The summed E-state index contributed by atoms with van der Waals surface area (Å²) < 4.78 is 1.01. The lowest BCUT2D eigenvalue weighted by atomic mass is 10.2. The molecule has 0 radical (unpaired) electrons. The summed E-state index contributed by atoms with van der Waals surface area (Å²) in [6.45, 7) is 0.0405. The molecule has 2 N–H and O–H groups in total.